The second kappa shape index (κ2) is 5.90. The molecule has 1 N–H and O–H groups in total. The lowest BCUT2D eigenvalue weighted by Crippen LogP contribution is -2.42. The number of likely N-dealkylation sites (N-methyl/N-ethyl adjacent to an activating group) is 1. The Hall–Kier alpha value is -0.450. The van der Waals surface area contributed by atoms with Gasteiger partial charge < -0.3 is 5.11 Å². The molecule has 3 nitrogen and oxygen atoms in total. The average molecular weight is 280 g/mol. The molecule has 1 fully saturated rings. The van der Waals surface area contributed by atoms with Crippen molar-refractivity contribution in [2.75, 3.05) is 7.05 Å². The fourth-order valence-corrected chi connectivity index (χ4v) is 4.63. The lowest BCUT2D eigenvalue weighted by atomic mass is 9.92. The highest BCUT2D eigenvalue weighted by molar-refractivity contribution is 7.11. The summed E-state index contributed by atoms with van der Waals surface area (Å²) < 4.78 is 0. The summed E-state index contributed by atoms with van der Waals surface area (Å²) in [6.45, 7) is 0.902. The molecule has 0 aromatic carbocycles. The summed E-state index contributed by atoms with van der Waals surface area (Å²) in [4.78, 5) is 8.63. The van der Waals surface area contributed by atoms with Crippen molar-refractivity contribution < 1.29 is 5.11 Å². The van der Waals surface area contributed by atoms with Crippen LogP contribution in [-0.2, 0) is 19.4 Å². The Kier molecular flexibility index (Phi) is 4.20. The molecule has 1 aromatic rings. The topological polar surface area (TPSA) is 36.4 Å². The van der Waals surface area contributed by atoms with E-state index < -0.39 is 0 Å². The minimum atomic E-state index is -0.145. The number of hydrogen-bond acceptors (Lipinski definition) is 4. The van der Waals surface area contributed by atoms with Crippen molar-refractivity contribution in [1.82, 2.24) is 9.88 Å². The standard InChI is InChI=1S/C15H24N2OS/c1-17(12-7-3-4-8-13(12)18)10-15-16-11-6-2-5-9-14(11)19-15/h12-13,18H,2-10H2,1H3. The number of thiazole rings is 1. The lowest BCUT2D eigenvalue weighted by Gasteiger charge is -2.34. The molecule has 0 bridgehead atoms. The van der Waals surface area contributed by atoms with Gasteiger partial charge in [-0.2, -0.15) is 0 Å². The van der Waals surface area contributed by atoms with Crippen LogP contribution in [-0.4, -0.2) is 34.2 Å². The summed E-state index contributed by atoms with van der Waals surface area (Å²) in [5, 5.41) is 11.4. The van der Waals surface area contributed by atoms with E-state index in [0.29, 0.717) is 6.04 Å². The van der Waals surface area contributed by atoms with E-state index in [2.05, 4.69) is 11.9 Å². The zero-order valence-corrected chi connectivity index (χ0v) is 12.6. The minimum Gasteiger partial charge on any atom is -0.391 e. The Morgan fingerprint density at radius 1 is 1.21 bits per heavy atom. The molecule has 106 valence electrons. The fraction of sp³-hybridized carbons (Fsp3) is 0.800. The third kappa shape index (κ3) is 3.01. The first-order valence-electron chi connectivity index (χ1n) is 7.60. The Labute approximate surface area is 119 Å². The number of hydrogen-bond donors (Lipinski definition) is 1. The minimum absolute atomic E-state index is 0.145. The van der Waals surface area contributed by atoms with Crippen LogP contribution in [0, 0.1) is 0 Å². The van der Waals surface area contributed by atoms with Gasteiger partial charge in [0.1, 0.15) is 5.01 Å². The van der Waals surface area contributed by atoms with Gasteiger partial charge in [-0.3, -0.25) is 4.90 Å². The average Bonchev–Trinajstić information content (AvgIpc) is 2.81. The van der Waals surface area contributed by atoms with Crippen LogP contribution in [0.5, 0.6) is 0 Å². The van der Waals surface area contributed by atoms with Crippen molar-refractivity contribution in [3.63, 3.8) is 0 Å². The van der Waals surface area contributed by atoms with E-state index in [4.69, 9.17) is 4.98 Å². The van der Waals surface area contributed by atoms with Gasteiger partial charge in [0.05, 0.1) is 18.3 Å². The molecule has 2 aliphatic carbocycles. The van der Waals surface area contributed by atoms with Crippen LogP contribution in [0.1, 0.15) is 54.1 Å². The molecule has 0 aliphatic heterocycles. The summed E-state index contributed by atoms with van der Waals surface area (Å²) in [6.07, 6.45) is 9.39. The Bertz CT molecular complexity index is 408. The quantitative estimate of drug-likeness (QED) is 0.925. The number of aryl methyl sites for hydroxylation is 2. The van der Waals surface area contributed by atoms with Gasteiger partial charge in [0.25, 0.3) is 0 Å². The number of aliphatic hydroxyl groups excluding tert-OH is 1. The molecule has 1 heterocycles. The summed E-state index contributed by atoms with van der Waals surface area (Å²) in [6, 6.07) is 0.328. The van der Waals surface area contributed by atoms with E-state index in [0.717, 1.165) is 19.4 Å². The Morgan fingerprint density at radius 2 is 2.00 bits per heavy atom. The van der Waals surface area contributed by atoms with E-state index in [1.165, 1.54) is 54.1 Å². The van der Waals surface area contributed by atoms with Gasteiger partial charge in [-0.15, -0.1) is 11.3 Å². The van der Waals surface area contributed by atoms with Crippen LogP contribution in [0.25, 0.3) is 0 Å². The second-order valence-electron chi connectivity index (χ2n) is 6.02. The molecule has 0 saturated heterocycles. The van der Waals surface area contributed by atoms with E-state index in [-0.39, 0.29) is 6.10 Å². The molecule has 0 amide bonds. The van der Waals surface area contributed by atoms with Crippen LogP contribution >= 0.6 is 11.3 Å². The van der Waals surface area contributed by atoms with Crippen LogP contribution in [0.4, 0.5) is 0 Å². The normalized spacial score (nSPS) is 27.5. The Balaban J connectivity index is 1.65. The summed E-state index contributed by atoms with van der Waals surface area (Å²) in [5.41, 5.74) is 1.35. The molecule has 2 atom stereocenters. The molecule has 1 aromatic heterocycles. The molecule has 19 heavy (non-hydrogen) atoms. The number of aromatic nitrogens is 1. The van der Waals surface area contributed by atoms with Gasteiger partial charge in [-0.1, -0.05) is 12.8 Å². The van der Waals surface area contributed by atoms with Gasteiger partial charge >= 0.3 is 0 Å². The molecule has 4 heteroatoms. The maximum Gasteiger partial charge on any atom is 0.107 e. The molecule has 3 rings (SSSR count). The van der Waals surface area contributed by atoms with Gasteiger partial charge in [0.15, 0.2) is 0 Å². The van der Waals surface area contributed by atoms with Crippen LogP contribution in [0.15, 0.2) is 0 Å². The van der Waals surface area contributed by atoms with Crippen LogP contribution < -0.4 is 0 Å². The summed E-state index contributed by atoms with van der Waals surface area (Å²) in [5.74, 6) is 0. The maximum atomic E-state index is 10.1. The van der Waals surface area contributed by atoms with Crippen molar-refractivity contribution in [3.8, 4) is 0 Å². The lowest BCUT2D eigenvalue weighted by molar-refractivity contribution is 0.0288. The SMILES string of the molecule is CN(Cc1nc2c(s1)CCCC2)C1CCCCC1O. The molecule has 1 saturated carbocycles. The summed E-state index contributed by atoms with van der Waals surface area (Å²) in [7, 11) is 2.14. The molecular weight excluding hydrogens is 256 g/mol. The van der Waals surface area contributed by atoms with Crippen molar-refractivity contribution in [2.24, 2.45) is 0 Å². The number of rotatable bonds is 3. The van der Waals surface area contributed by atoms with Crippen LogP contribution in [0.2, 0.25) is 0 Å². The third-order valence-electron chi connectivity index (χ3n) is 4.53. The number of aliphatic hydroxyl groups is 1. The highest BCUT2D eigenvalue weighted by Crippen LogP contribution is 2.29. The predicted octanol–water partition coefficient (Wildman–Crippen LogP) is 2.76. The third-order valence-corrected chi connectivity index (χ3v) is 5.68. The maximum absolute atomic E-state index is 10.1. The van der Waals surface area contributed by atoms with E-state index in [9.17, 15) is 5.11 Å². The zero-order chi connectivity index (χ0) is 13.2. The molecule has 2 aliphatic rings. The van der Waals surface area contributed by atoms with Gasteiger partial charge in [-0.25, -0.2) is 4.98 Å². The van der Waals surface area contributed by atoms with Crippen molar-refractivity contribution in [3.05, 3.63) is 15.6 Å². The molecule has 2 unspecified atom stereocenters. The largest absolute Gasteiger partial charge is 0.391 e. The monoisotopic (exact) mass is 280 g/mol. The second-order valence-corrected chi connectivity index (χ2v) is 7.19. The van der Waals surface area contributed by atoms with Crippen molar-refractivity contribution >= 4 is 11.3 Å². The Morgan fingerprint density at radius 3 is 2.79 bits per heavy atom. The highest BCUT2D eigenvalue weighted by atomic mass is 32.1. The molecule has 0 radical (unpaired) electrons. The van der Waals surface area contributed by atoms with E-state index in [1.807, 2.05) is 11.3 Å². The number of nitrogens with zero attached hydrogens (tertiary/aromatic N) is 2. The molecular formula is C15H24N2OS. The van der Waals surface area contributed by atoms with Gasteiger partial charge in [-0.05, 0) is 45.6 Å². The first kappa shape index (κ1) is 13.5. The zero-order valence-electron chi connectivity index (χ0n) is 11.8. The summed E-state index contributed by atoms with van der Waals surface area (Å²) >= 11 is 1.89. The van der Waals surface area contributed by atoms with Gasteiger partial charge in [0.2, 0.25) is 0 Å². The van der Waals surface area contributed by atoms with Crippen molar-refractivity contribution in [2.45, 2.75) is 70.1 Å². The number of fused-ring (bicyclic) bond motifs is 1. The van der Waals surface area contributed by atoms with E-state index in [1.54, 1.807) is 0 Å². The predicted molar refractivity (Wildman–Crippen MR) is 78.5 cm³/mol. The first-order chi connectivity index (χ1) is 9.24. The smallest absolute Gasteiger partial charge is 0.107 e. The van der Waals surface area contributed by atoms with Crippen molar-refractivity contribution in [1.29, 1.82) is 0 Å². The molecule has 0 spiro atoms. The fourth-order valence-electron chi connectivity index (χ4n) is 3.41. The highest BCUT2D eigenvalue weighted by Gasteiger charge is 2.27. The van der Waals surface area contributed by atoms with Gasteiger partial charge in [0, 0.05) is 10.9 Å². The van der Waals surface area contributed by atoms with E-state index >= 15 is 0 Å². The van der Waals surface area contributed by atoms with Crippen LogP contribution in [0.3, 0.4) is 0 Å². The first-order valence-corrected chi connectivity index (χ1v) is 8.41.